The predicted octanol–water partition coefficient (Wildman–Crippen LogP) is 4.47. The number of aromatic hydroxyl groups is 1. The van der Waals surface area contributed by atoms with Crippen molar-refractivity contribution >= 4 is 47.1 Å². The summed E-state index contributed by atoms with van der Waals surface area (Å²) in [4.78, 5) is 12.0. The lowest BCUT2D eigenvalue weighted by Crippen LogP contribution is -2.27. The Kier molecular flexibility index (Phi) is 6.97. The van der Waals surface area contributed by atoms with Crippen molar-refractivity contribution in [3.05, 3.63) is 63.6 Å². The molecule has 2 aromatic rings. The van der Waals surface area contributed by atoms with Gasteiger partial charge in [0.15, 0.2) is 0 Å². The van der Waals surface area contributed by atoms with Crippen LogP contribution in [-0.4, -0.2) is 22.5 Å². The second-order valence-electron chi connectivity index (χ2n) is 5.00. The quantitative estimate of drug-likeness (QED) is 0.572. The van der Waals surface area contributed by atoms with E-state index in [9.17, 15) is 9.90 Å². The Balaban J connectivity index is 1.88. The average molecular weight is 383 g/mol. The number of carbonyl (C=O) groups excluding carboxylic acids is 1. The molecule has 0 bridgehead atoms. The van der Waals surface area contributed by atoms with E-state index in [0.717, 1.165) is 11.3 Å². The second kappa shape index (κ2) is 8.97. The number of amides is 1. The summed E-state index contributed by atoms with van der Waals surface area (Å²) in [5.74, 6) is 0.384. The van der Waals surface area contributed by atoms with E-state index >= 15 is 0 Å². The number of hydrazone groups is 1. The van der Waals surface area contributed by atoms with Gasteiger partial charge in [0.05, 0.1) is 16.5 Å². The molecule has 1 atom stereocenters. The Labute approximate surface area is 154 Å². The third kappa shape index (κ3) is 5.44. The highest BCUT2D eigenvalue weighted by Gasteiger charge is 2.13. The molecule has 0 spiro atoms. The molecule has 0 aliphatic carbocycles. The zero-order valence-corrected chi connectivity index (χ0v) is 15.2. The van der Waals surface area contributed by atoms with E-state index in [-0.39, 0.29) is 21.9 Å². The molecule has 0 heterocycles. The first-order chi connectivity index (χ1) is 11.5. The molecule has 126 valence electrons. The van der Waals surface area contributed by atoms with Gasteiger partial charge in [0.25, 0.3) is 5.91 Å². The van der Waals surface area contributed by atoms with E-state index in [1.807, 2.05) is 37.3 Å². The van der Waals surface area contributed by atoms with Crippen LogP contribution in [0.1, 0.15) is 18.1 Å². The molecular formula is C17H16Cl2N2O2S. The van der Waals surface area contributed by atoms with Crippen molar-refractivity contribution in [2.75, 3.05) is 0 Å². The Morgan fingerprint density at radius 3 is 2.75 bits per heavy atom. The van der Waals surface area contributed by atoms with E-state index in [0.29, 0.717) is 10.6 Å². The van der Waals surface area contributed by atoms with Crippen LogP contribution in [0.4, 0.5) is 0 Å². The lowest BCUT2D eigenvalue weighted by Gasteiger charge is -2.09. The summed E-state index contributed by atoms with van der Waals surface area (Å²) in [6, 6.07) is 12.9. The van der Waals surface area contributed by atoms with Crippen molar-refractivity contribution in [3.63, 3.8) is 0 Å². The molecule has 2 N–H and O–H groups in total. The second-order valence-corrected chi connectivity index (χ2v) is 7.17. The maximum absolute atomic E-state index is 12.0. The van der Waals surface area contributed by atoms with Crippen molar-refractivity contribution < 1.29 is 9.90 Å². The Morgan fingerprint density at radius 1 is 1.33 bits per heavy atom. The number of halogens is 2. The first kappa shape index (κ1) is 18.6. The molecule has 0 aliphatic rings. The largest absolute Gasteiger partial charge is 0.506 e. The van der Waals surface area contributed by atoms with Crippen LogP contribution in [0.15, 0.2) is 47.6 Å². The third-order valence-corrected chi connectivity index (χ3v) is 4.87. The van der Waals surface area contributed by atoms with Gasteiger partial charge in [0.2, 0.25) is 0 Å². The SMILES string of the molecule is C[C@H](SCc1ccccc1)C(=O)N/N=C\c1cc(Cl)cc(Cl)c1O. The average Bonchev–Trinajstić information content (AvgIpc) is 2.57. The van der Waals surface area contributed by atoms with Crippen LogP contribution in [0, 0.1) is 0 Å². The van der Waals surface area contributed by atoms with Crippen LogP contribution in [0.3, 0.4) is 0 Å². The van der Waals surface area contributed by atoms with E-state index in [1.54, 1.807) is 0 Å². The molecule has 0 fully saturated rings. The molecular weight excluding hydrogens is 367 g/mol. The van der Waals surface area contributed by atoms with Gasteiger partial charge < -0.3 is 5.11 Å². The molecule has 0 saturated heterocycles. The molecule has 2 rings (SSSR count). The predicted molar refractivity (Wildman–Crippen MR) is 101 cm³/mol. The number of rotatable bonds is 6. The minimum Gasteiger partial charge on any atom is -0.506 e. The highest BCUT2D eigenvalue weighted by atomic mass is 35.5. The molecule has 24 heavy (non-hydrogen) atoms. The van der Waals surface area contributed by atoms with Gasteiger partial charge in [-0.05, 0) is 24.6 Å². The fraction of sp³-hybridized carbons (Fsp3) is 0.176. The third-order valence-electron chi connectivity index (χ3n) is 3.15. The summed E-state index contributed by atoms with van der Waals surface area (Å²) < 4.78 is 0. The summed E-state index contributed by atoms with van der Waals surface area (Å²) in [5, 5.41) is 13.9. The van der Waals surface area contributed by atoms with Crippen molar-refractivity contribution in [1.82, 2.24) is 5.43 Å². The number of thioether (sulfide) groups is 1. The van der Waals surface area contributed by atoms with E-state index in [4.69, 9.17) is 23.2 Å². The van der Waals surface area contributed by atoms with Gasteiger partial charge >= 0.3 is 0 Å². The Morgan fingerprint density at radius 2 is 2.04 bits per heavy atom. The molecule has 1 amide bonds. The van der Waals surface area contributed by atoms with Gasteiger partial charge in [0.1, 0.15) is 5.75 Å². The van der Waals surface area contributed by atoms with Crippen LogP contribution < -0.4 is 5.43 Å². The fourth-order valence-corrected chi connectivity index (χ4v) is 3.16. The van der Waals surface area contributed by atoms with Crippen LogP contribution in [0.2, 0.25) is 10.0 Å². The highest BCUT2D eigenvalue weighted by molar-refractivity contribution is 7.99. The van der Waals surface area contributed by atoms with Crippen molar-refractivity contribution in [1.29, 1.82) is 0 Å². The number of nitrogens with one attached hydrogen (secondary N) is 1. The summed E-state index contributed by atoms with van der Waals surface area (Å²) in [6.07, 6.45) is 1.31. The van der Waals surface area contributed by atoms with Crippen LogP contribution in [0.25, 0.3) is 0 Å². The minimum atomic E-state index is -0.265. The van der Waals surface area contributed by atoms with Gasteiger partial charge in [-0.25, -0.2) is 5.43 Å². The first-order valence-corrected chi connectivity index (χ1v) is 8.94. The normalized spacial score (nSPS) is 12.3. The number of hydrogen-bond acceptors (Lipinski definition) is 4. The van der Waals surface area contributed by atoms with Crippen LogP contribution >= 0.6 is 35.0 Å². The molecule has 0 aromatic heterocycles. The Bertz CT molecular complexity index is 739. The van der Waals surface area contributed by atoms with E-state index < -0.39 is 0 Å². The van der Waals surface area contributed by atoms with Gasteiger partial charge in [-0.3, -0.25) is 4.79 Å². The number of phenolic OH excluding ortho intramolecular Hbond substituents is 1. The molecule has 0 saturated carbocycles. The number of nitrogens with zero attached hydrogens (tertiary/aromatic N) is 1. The summed E-state index contributed by atoms with van der Waals surface area (Å²) in [7, 11) is 0. The zero-order chi connectivity index (χ0) is 17.5. The number of carbonyl (C=O) groups is 1. The number of phenols is 1. The van der Waals surface area contributed by atoms with Crippen LogP contribution in [0.5, 0.6) is 5.75 Å². The fourth-order valence-electron chi connectivity index (χ4n) is 1.81. The van der Waals surface area contributed by atoms with Crippen LogP contribution in [-0.2, 0) is 10.5 Å². The minimum absolute atomic E-state index is 0.127. The number of hydrogen-bond donors (Lipinski definition) is 2. The van der Waals surface area contributed by atoms with E-state index in [2.05, 4.69) is 10.5 Å². The summed E-state index contributed by atoms with van der Waals surface area (Å²) >= 11 is 13.2. The monoisotopic (exact) mass is 382 g/mol. The molecule has 4 nitrogen and oxygen atoms in total. The molecule has 0 aliphatic heterocycles. The van der Waals surface area contributed by atoms with Crippen molar-refractivity contribution in [3.8, 4) is 5.75 Å². The van der Waals surface area contributed by atoms with Crippen molar-refractivity contribution in [2.45, 2.75) is 17.9 Å². The summed E-state index contributed by atoms with van der Waals surface area (Å²) in [5.41, 5.74) is 3.93. The maximum Gasteiger partial charge on any atom is 0.252 e. The lowest BCUT2D eigenvalue weighted by molar-refractivity contribution is -0.120. The standard InChI is InChI=1S/C17H16Cl2N2O2S/c1-11(24-10-12-5-3-2-4-6-12)17(23)21-20-9-13-7-14(18)8-15(19)16(13)22/h2-9,11,22H,10H2,1H3,(H,21,23)/b20-9-/t11-/m0/s1. The summed E-state index contributed by atoms with van der Waals surface area (Å²) in [6.45, 7) is 1.81. The lowest BCUT2D eigenvalue weighted by atomic mass is 10.2. The van der Waals surface area contributed by atoms with Gasteiger partial charge in [-0.15, -0.1) is 11.8 Å². The number of benzene rings is 2. The molecule has 0 unspecified atom stereocenters. The highest BCUT2D eigenvalue weighted by Crippen LogP contribution is 2.29. The molecule has 2 aromatic carbocycles. The van der Waals surface area contributed by atoms with E-state index in [1.165, 1.54) is 30.1 Å². The Hall–Kier alpha value is -1.69. The first-order valence-electron chi connectivity index (χ1n) is 7.14. The topological polar surface area (TPSA) is 61.7 Å². The zero-order valence-electron chi connectivity index (χ0n) is 12.9. The smallest absolute Gasteiger partial charge is 0.252 e. The van der Waals surface area contributed by atoms with Gasteiger partial charge in [-0.2, -0.15) is 5.10 Å². The molecule has 7 heteroatoms. The van der Waals surface area contributed by atoms with Gasteiger partial charge in [-0.1, -0.05) is 53.5 Å². The molecule has 0 radical (unpaired) electrons. The van der Waals surface area contributed by atoms with Crippen molar-refractivity contribution in [2.24, 2.45) is 5.10 Å². The van der Waals surface area contributed by atoms with Gasteiger partial charge in [0, 0.05) is 16.3 Å². The maximum atomic E-state index is 12.0.